The zero-order chi connectivity index (χ0) is 23.6. The molecular formula is C22H29N7O4. The number of hydrogen-bond acceptors (Lipinski definition) is 9. The second kappa shape index (κ2) is 9.30. The Hall–Kier alpha value is -3.28. The van der Waals surface area contributed by atoms with E-state index in [0.29, 0.717) is 35.6 Å². The number of aromatic nitrogens is 4. The van der Waals surface area contributed by atoms with Gasteiger partial charge in [-0.1, -0.05) is 0 Å². The molecule has 2 aromatic heterocycles. The number of aliphatic hydroxyl groups is 2. The molecule has 3 aromatic rings. The minimum atomic E-state index is -1.33. The van der Waals surface area contributed by atoms with Gasteiger partial charge in [0.15, 0.2) is 11.5 Å². The third-order valence-electron chi connectivity index (χ3n) is 5.92. The van der Waals surface area contributed by atoms with Crippen molar-refractivity contribution in [3.05, 3.63) is 42.5 Å². The van der Waals surface area contributed by atoms with Crippen molar-refractivity contribution in [2.24, 2.45) is 5.73 Å². The number of fused-ring (bicyclic) bond motifs is 1. The van der Waals surface area contributed by atoms with E-state index in [9.17, 15) is 15.0 Å². The summed E-state index contributed by atoms with van der Waals surface area (Å²) < 4.78 is 7.29. The zero-order valence-corrected chi connectivity index (χ0v) is 18.5. The first-order valence-corrected chi connectivity index (χ1v) is 10.9. The maximum Gasteiger partial charge on any atom is 0.254 e. The van der Waals surface area contributed by atoms with Gasteiger partial charge in [-0.05, 0) is 44.2 Å². The number of likely N-dealkylation sites (tertiary alicyclic amines) is 1. The Morgan fingerprint density at radius 3 is 2.73 bits per heavy atom. The van der Waals surface area contributed by atoms with Crippen LogP contribution >= 0.6 is 0 Å². The minimum absolute atomic E-state index is 0.0790. The van der Waals surface area contributed by atoms with Gasteiger partial charge in [0.2, 0.25) is 0 Å². The van der Waals surface area contributed by atoms with Crippen LogP contribution in [0.2, 0.25) is 0 Å². The number of hydrogen-bond donors (Lipinski definition) is 4. The van der Waals surface area contributed by atoms with E-state index in [1.807, 2.05) is 0 Å². The van der Waals surface area contributed by atoms with E-state index in [0.717, 1.165) is 6.42 Å². The van der Waals surface area contributed by atoms with Crippen LogP contribution in [0.15, 0.2) is 36.9 Å². The van der Waals surface area contributed by atoms with E-state index in [4.69, 9.17) is 16.2 Å². The molecule has 11 nitrogen and oxygen atoms in total. The molecule has 0 radical (unpaired) electrons. The van der Waals surface area contributed by atoms with Crippen LogP contribution in [-0.4, -0.2) is 78.5 Å². The number of anilines is 1. The van der Waals surface area contributed by atoms with Gasteiger partial charge < -0.3 is 35.9 Å². The standard InChI is InChI=1S/C22H29N7O4/c1-22(32)9-15(30)10-28(21(31)14-3-5-16(6-4-14)33-8-2-7-23)11-17(22)29-13-27-18-19(24)25-12-26-20(18)29/h3-6,12-13,15,17,30,32H,2,7-11,23H2,1H3,(H2,24,25,26)/t15-,17+,22+/m1/s1. The maximum atomic E-state index is 13.3. The van der Waals surface area contributed by atoms with Crippen molar-refractivity contribution in [2.75, 3.05) is 32.0 Å². The number of carbonyl (C=O) groups is 1. The van der Waals surface area contributed by atoms with Crippen molar-refractivity contribution >= 4 is 22.9 Å². The average molecular weight is 456 g/mol. The smallest absolute Gasteiger partial charge is 0.254 e. The van der Waals surface area contributed by atoms with E-state index < -0.39 is 17.7 Å². The molecule has 1 aromatic carbocycles. The number of nitrogens with zero attached hydrogens (tertiary/aromatic N) is 5. The summed E-state index contributed by atoms with van der Waals surface area (Å²) >= 11 is 0. The van der Waals surface area contributed by atoms with Crippen molar-refractivity contribution in [1.29, 1.82) is 0 Å². The molecule has 1 aliphatic heterocycles. The highest BCUT2D eigenvalue weighted by atomic mass is 16.5. The van der Waals surface area contributed by atoms with Gasteiger partial charge in [0.25, 0.3) is 5.91 Å². The molecule has 0 saturated carbocycles. The molecular weight excluding hydrogens is 426 g/mol. The van der Waals surface area contributed by atoms with Gasteiger partial charge in [-0.2, -0.15) is 0 Å². The fourth-order valence-electron chi connectivity index (χ4n) is 4.21. The molecule has 11 heteroatoms. The fraction of sp³-hybridized carbons (Fsp3) is 0.455. The van der Waals surface area contributed by atoms with Crippen molar-refractivity contribution in [2.45, 2.75) is 37.5 Å². The SMILES string of the molecule is C[C@]1(O)C[C@@H](O)CN(C(=O)c2ccc(OCCCN)cc2)C[C@@H]1n1cnc2c(N)ncnc21. The minimum Gasteiger partial charge on any atom is -0.494 e. The number of nitrogen functional groups attached to an aromatic ring is 1. The highest BCUT2D eigenvalue weighted by Gasteiger charge is 2.42. The number of imidazole rings is 1. The monoisotopic (exact) mass is 455 g/mol. The van der Waals surface area contributed by atoms with Gasteiger partial charge in [0.05, 0.1) is 30.7 Å². The Labute approximate surface area is 191 Å². The molecule has 1 saturated heterocycles. The molecule has 0 spiro atoms. The first-order valence-electron chi connectivity index (χ1n) is 10.9. The summed E-state index contributed by atoms with van der Waals surface area (Å²) in [6.07, 6.45) is 2.78. The largest absolute Gasteiger partial charge is 0.494 e. The summed E-state index contributed by atoms with van der Waals surface area (Å²) in [6.45, 7) is 2.92. The molecule has 0 unspecified atom stereocenters. The maximum absolute atomic E-state index is 13.3. The normalized spacial score (nSPS) is 23.5. The van der Waals surface area contributed by atoms with E-state index >= 15 is 0 Å². The molecule has 6 N–H and O–H groups in total. The van der Waals surface area contributed by atoms with Crippen LogP contribution in [0.25, 0.3) is 11.2 Å². The summed E-state index contributed by atoms with van der Waals surface area (Å²) in [5.74, 6) is 0.622. The highest BCUT2D eigenvalue weighted by molar-refractivity contribution is 5.94. The molecule has 0 aliphatic carbocycles. The van der Waals surface area contributed by atoms with Crippen molar-refractivity contribution in [3.63, 3.8) is 0 Å². The lowest BCUT2D eigenvalue weighted by molar-refractivity contribution is -0.0217. The Bertz CT molecular complexity index is 1120. The number of carbonyl (C=O) groups excluding carboxylic acids is 1. The number of rotatable bonds is 6. The average Bonchev–Trinajstić information content (AvgIpc) is 3.16. The molecule has 4 rings (SSSR count). The third-order valence-corrected chi connectivity index (χ3v) is 5.92. The lowest BCUT2D eigenvalue weighted by Crippen LogP contribution is -2.42. The van der Waals surface area contributed by atoms with Gasteiger partial charge in [-0.25, -0.2) is 15.0 Å². The van der Waals surface area contributed by atoms with Crippen molar-refractivity contribution in [3.8, 4) is 5.75 Å². The number of ether oxygens (including phenoxy) is 1. The highest BCUT2D eigenvalue weighted by Crippen LogP contribution is 2.34. The topological polar surface area (TPSA) is 166 Å². The lowest BCUT2D eigenvalue weighted by atomic mass is 9.91. The summed E-state index contributed by atoms with van der Waals surface area (Å²) in [5.41, 5.74) is 11.4. The van der Waals surface area contributed by atoms with Gasteiger partial charge in [0, 0.05) is 25.1 Å². The molecule has 3 atom stereocenters. The third kappa shape index (κ3) is 4.75. The van der Waals surface area contributed by atoms with Crippen LogP contribution in [0.5, 0.6) is 5.75 Å². The Kier molecular flexibility index (Phi) is 6.45. The Morgan fingerprint density at radius 1 is 1.24 bits per heavy atom. The number of benzene rings is 1. The number of β-amino-alcohol motifs (C(OH)–C–C–N with tert-alkyl or cyclic N) is 1. The molecule has 1 fully saturated rings. The molecule has 176 valence electrons. The zero-order valence-electron chi connectivity index (χ0n) is 18.5. The number of amides is 1. The lowest BCUT2D eigenvalue weighted by Gasteiger charge is -2.34. The number of nitrogens with two attached hydrogens (primary N) is 2. The molecule has 0 bridgehead atoms. The van der Waals surface area contributed by atoms with E-state index in [1.165, 1.54) is 17.6 Å². The van der Waals surface area contributed by atoms with Crippen molar-refractivity contribution < 1.29 is 19.7 Å². The Morgan fingerprint density at radius 2 is 2.00 bits per heavy atom. The van der Waals surface area contributed by atoms with Crippen LogP contribution < -0.4 is 16.2 Å². The van der Waals surface area contributed by atoms with E-state index in [-0.39, 0.29) is 31.2 Å². The number of aliphatic hydroxyl groups excluding tert-OH is 1. The fourth-order valence-corrected chi connectivity index (χ4v) is 4.21. The van der Waals surface area contributed by atoms with Crippen LogP contribution in [0.3, 0.4) is 0 Å². The molecule has 1 amide bonds. The van der Waals surface area contributed by atoms with Crippen LogP contribution in [0, 0.1) is 0 Å². The summed E-state index contributed by atoms with van der Waals surface area (Å²) in [4.78, 5) is 27.4. The first kappa shape index (κ1) is 22.9. The van der Waals surface area contributed by atoms with E-state index in [2.05, 4.69) is 15.0 Å². The quantitative estimate of drug-likeness (QED) is 0.383. The van der Waals surface area contributed by atoms with Gasteiger partial charge in [-0.15, -0.1) is 0 Å². The van der Waals surface area contributed by atoms with Crippen LogP contribution in [0.4, 0.5) is 5.82 Å². The van der Waals surface area contributed by atoms with Crippen molar-refractivity contribution in [1.82, 2.24) is 24.4 Å². The molecule has 33 heavy (non-hydrogen) atoms. The second-order valence-electron chi connectivity index (χ2n) is 8.54. The first-order chi connectivity index (χ1) is 15.8. The van der Waals surface area contributed by atoms with Gasteiger partial charge in [0.1, 0.15) is 17.6 Å². The summed E-state index contributed by atoms with van der Waals surface area (Å²) in [5, 5.41) is 21.8. The predicted octanol–water partition coefficient (Wildman–Crippen LogP) is 0.335. The summed E-state index contributed by atoms with van der Waals surface area (Å²) in [7, 11) is 0. The van der Waals surface area contributed by atoms with Gasteiger partial charge in [-0.3, -0.25) is 4.79 Å². The Balaban J connectivity index is 1.61. The summed E-state index contributed by atoms with van der Waals surface area (Å²) in [6, 6.07) is 6.22. The van der Waals surface area contributed by atoms with Crippen LogP contribution in [0.1, 0.15) is 36.2 Å². The van der Waals surface area contributed by atoms with E-state index in [1.54, 1.807) is 35.8 Å². The molecule has 3 heterocycles. The van der Waals surface area contributed by atoms with Gasteiger partial charge >= 0.3 is 0 Å². The molecule has 1 aliphatic rings. The second-order valence-corrected chi connectivity index (χ2v) is 8.54. The predicted molar refractivity (Wildman–Crippen MR) is 122 cm³/mol. The van der Waals surface area contributed by atoms with Crippen LogP contribution in [-0.2, 0) is 0 Å².